The molecule has 2 amide bonds. The van der Waals surface area contributed by atoms with Crippen molar-refractivity contribution in [1.82, 2.24) is 15.3 Å². The molecule has 0 radical (unpaired) electrons. The summed E-state index contributed by atoms with van der Waals surface area (Å²) in [6, 6.07) is 7.64. The van der Waals surface area contributed by atoms with Crippen LogP contribution in [0.2, 0.25) is 0 Å². The first-order chi connectivity index (χ1) is 15.4. The first-order valence-electron chi connectivity index (χ1n) is 9.89. The number of carbonyl (C=O) groups is 2. The smallest absolute Gasteiger partial charge is 0.251 e. The lowest BCUT2D eigenvalue weighted by Gasteiger charge is -2.31. The number of amides is 2. The summed E-state index contributed by atoms with van der Waals surface area (Å²) in [6.45, 7) is -0.323. The molecule has 0 aliphatic carbocycles. The lowest BCUT2D eigenvalue weighted by Crippen LogP contribution is -2.49. The van der Waals surface area contributed by atoms with Gasteiger partial charge >= 0.3 is 0 Å². The number of hydrogen-bond acceptors (Lipinski definition) is 6. The van der Waals surface area contributed by atoms with Gasteiger partial charge in [0.1, 0.15) is 24.2 Å². The monoisotopic (exact) mass is 444 g/mol. The van der Waals surface area contributed by atoms with E-state index >= 15 is 0 Å². The molecule has 168 valence electrons. The molecule has 2 aliphatic heterocycles. The summed E-state index contributed by atoms with van der Waals surface area (Å²) >= 11 is 0. The molecule has 2 atom stereocenters. The zero-order valence-corrected chi connectivity index (χ0v) is 17.5. The van der Waals surface area contributed by atoms with E-state index in [1.165, 1.54) is 11.1 Å². The van der Waals surface area contributed by atoms with Crippen LogP contribution in [-0.4, -0.2) is 48.5 Å². The molecule has 0 aromatic heterocycles. The van der Waals surface area contributed by atoms with E-state index in [9.17, 15) is 18.4 Å². The maximum absolute atomic E-state index is 13.8. The summed E-state index contributed by atoms with van der Waals surface area (Å²) < 4.78 is 37.7. The molecular formula is C22H22F2N4O4. The van der Waals surface area contributed by atoms with Gasteiger partial charge in [0.25, 0.3) is 5.91 Å². The van der Waals surface area contributed by atoms with Crippen LogP contribution in [0.1, 0.15) is 18.0 Å². The quantitative estimate of drug-likeness (QED) is 0.713. The Balaban J connectivity index is 1.42. The first kappa shape index (κ1) is 21.6. The van der Waals surface area contributed by atoms with Crippen LogP contribution < -0.4 is 20.2 Å². The molecule has 0 spiro atoms. The largest absolute Gasteiger partial charge is 0.493 e. The number of benzene rings is 2. The summed E-state index contributed by atoms with van der Waals surface area (Å²) in [5, 5.41) is 4.00. The van der Waals surface area contributed by atoms with Crippen molar-refractivity contribution in [2.45, 2.75) is 18.5 Å². The third kappa shape index (κ3) is 4.22. The molecule has 4 rings (SSSR count). The summed E-state index contributed by atoms with van der Waals surface area (Å²) in [4.78, 5) is 26.5. The number of ether oxygens (including phenoxy) is 2. The average molecular weight is 444 g/mol. The molecule has 2 aliphatic rings. The number of methoxy groups -OCH3 is 2. The highest BCUT2D eigenvalue weighted by atomic mass is 19.1. The van der Waals surface area contributed by atoms with Crippen LogP contribution in [0.25, 0.3) is 0 Å². The van der Waals surface area contributed by atoms with Crippen molar-refractivity contribution < 1.29 is 27.8 Å². The van der Waals surface area contributed by atoms with Gasteiger partial charge in [0.15, 0.2) is 11.5 Å². The minimum Gasteiger partial charge on any atom is -0.493 e. The van der Waals surface area contributed by atoms with Crippen molar-refractivity contribution in [3.05, 3.63) is 66.0 Å². The molecule has 2 aromatic carbocycles. The standard InChI is InChI=1S/C22H22F2N4O4/c1-31-19-6-3-13(9-20(19)32-2)16-11-18-22(30)27(7-8-28(18)26-16)12-21(29)25-17-10-14(23)4-5-15(17)24/h3-10,16,18,26H,11-12H2,1-2H3,(H,25,29). The second-order valence-electron chi connectivity index (χ2n) is 7.39. The molecule has 2 heterocycles. The number of anilines is 1. The third-order valence-electron chi connectivity index (χ3n) is 5.40. The number of carbonyl (C=O) groups excluding carboxylic acids is 2. The van der Waals surface area contributed by atoms with E-state index in [2.05, 4.69) is 10.7 Å². The molecule has 0 bridgehead atoms. The second-order valence-corrected chi connectivity index (χ2v) is 7.39. The molecule has 2 aromatic rings. The number of nitrogens with one attached hydrogen (secondary N) is 2. The normalized spacial score (nSPS) is 19.7. The molecule has 10 heteroatoms. The predicted molar refractivity (Wildman–Crippen MR) is 112 cm³/mol. The highest BCUT2D eigenvalue weighted by Crippen LogP contribution is 2.35. The number of hydrogen-bond donors (Lipinski definition) is 2. The van der Waals surface area contributed by atoms with Crippen molar-refractivity contribution in [1.29, 1.82) is 0 Å². The van der Waals surface area contributed by atoms with Crippen molar-refractivity contribution in [2.75, 3.05) is 26.1 Å². The van der Waals surface area contributed by atoms with Gasteiger partial charge in [-0.2, -0.15) is 0 Å². The van der Waals surface area contributed by atoms with Crippen LogP contribution in [0.4, 0.5) is 14.5 Å². The number of hydrazine groups is 1. The Morgan fingerprint density at radius 2 is 1.91 bits per heavy atom. The van der Waals surface area contributed by atoms with Gasteiger partial charge in [-0.05, 0) is 36.2 Å². The van der Waals surface area contributed by atoms with E-state index in [0.29, 0.717) is 17.9 Å². The van der Waals surface area contributed by atoms with E-state index in [4.69, 9.17) is 9.47 Å². The fourth-order valence-corrected chi connectivity index (χ4v) is 3.79. The maximum Gasteiger partial charge on any atom is 0.251 e. The summed E-state index contributed by atoms with van der Waals surface area (Å²) in [5.74, 6) is -1.16. The predicted octanol–water partition coefficient (Wildman–Crippen LogP) is 2.55. The molecule has 2 N–H and O–H groups in total. The Hall–Kier alpha value is -3.66. The van der Waals surface area contributed by atoms with Crippen LogP contribution >= 0.6 is 0 Å². The Morgan fingerprint density at radius 3 is 2.66 bits per heavy atom. The van der Waals surface area contributed by atoms with E-state index < -0.39 is 23.6 Å². The van der Waals surface area contributed by atoms with Gasteiger partial charge < -0.3 is 24.7 Å². The first-order valence-corrected chi connectivity index (χ1v) is 9.89. The zero-order chi connectivity index (χ0) is 22.8. The topological polar surface area (TPSA) is 83.1 Å². The fourth-order valence-electron chi connectivity index (χ4n) is 3.79. The fraction of sp³-hybridized carbons (Fsp3) is 0.273. The molecule has 8 nitrogen and oxygen atoms in total. The summed E-state index contributed by atoms with van der Waals surface area (Å²) in [7, 11) is 3.11. The average Bonchev–Trinajstić information content (AvgIpc) is 3.23. The number of nitrogens with zero attached hydrogens (tertiary/aromatic N) is 2. The Morgan fingerprint density at radius 1 is 1.12 bits per heavy atom. The minimum atomic E-state index is -0.760. The highest BCUT2D eigenvalue weighted by Gasteiger charge is 2.40. The Bertz CT molecular complexity index is 1080. The van der Waals surface area contributed by atoms with Crippen molar-refractivity contribution >= 4 is 17.5 Å². The van der Waals surface area contributed by atoms with Gasteiger partial charge in [-0.15, -0.1) is 0 Å². The van der Waals surface area contributed by atoms with Crippen LogP contribution in [0.15, 0.2) is 48.8 Å². The molecule has 32 heavy (non-hydrogen) atoms. The molecule has 1 fully saturated rings. The van der Waals surface area contributed by atoms with E-state index in [-0.39, 0.29) is 24.2 Å². The summed E-state index contributed by atoms with van der Waals surface area (Å²) in [5.41, 5.74) is 3.91. The van der Waals surface area contributed by atoms with Crippen molar-refractivity contribution in [3.8, 4) is 11.5 Å². The van der Waals surface area contributed by atoms with Gasteiger partial charge in [-0.3, -0.25) is 9.59 Å². The van der Waals surface area contributed by atoms with E-state index in [0.717, 1.165) is 23.8 Å². The molecule has 0 saturated carbocycles. The van der Waals surface area contributed by atoms with Crippen LogP contribution in [0, 0.1) is 11.6 Å². The van der Waals surface area contributed by atoms with E-state index in [1.54, 1.807) is 31.5 Å². The van der Waals surface area contributed by atoms with Crippen molar-refractivity contribution in [2.24, 2.45) is 0 Å². The van der Waals surface area contributed by atoms with Crippen LogP contribution in [0.5, 0.6) is 11.5 Å². The molecule has 1 saturated heterocycles. The van der Waals surface area contributed by atoms with Crippen LogP contribution in [-0.2, 0) is 9.59 Å². The Kier molecular flexibility index (Phi) is 5.95. The van der Waals surface area contributed by atoms with Gasteiger partial charge in [0, 0.05) is 18.5 Å². The summed E-state index contributed by atoms with van der Waals surface area (Å²) in [6.07, 6.45) is 3.61. The highest BCUT2D eigenvalue weighted by molar-refractivity contribution is 5.96. The van der Waals surface area contributed by atoms with Gasteiger partial charge in [0.2, 0.25) is 5.91 Å². The van der Waals surface area contributed by atoms with Gasteiger partial charge in [-0.1, -0.05) is 6.07 Å². The van der Waals surface area contributed by atoms with E-state index in [1.807, 2.05) is 12.1 Å². The lowest BCUT2D eigenvalue weighted by atomic mass is 10.0. The number of halogens is 2. The van der Waals surface area contributed by atoms with Gasteiger partial charge in [-0.25, -0.2) is 14.2 Å². The SMILES string of the molecule is COc1ccc(C2CC3C(=O)N(CC(=O)Nc4cc(F)ccc4F)C=CN3N2)cc1OC. The number of rotatable bonds is 6. The van der Waals surface area contributed by atoms with Gasteiger partial charge in [0.05, 0.1) is 25.9 Å². The molecular weight excluding hydrogens is 422 g/mol. The lowest BCUT2D eigenvalue weighted by molar-refractivity contribution is -0.137. The second kappa shape index (κ2) is 8.83. The number of fused-ring (bicyclic) bond motifs is 1. The van der Waals surface area contributed by atoms with Crippen LogP contribution in [0.3, 0.4) is 0 Å². The maximum atomic E-state index is 13.8. The molecule has 2 unspecified atom stereocenters. The van der Waals surface area contributed by atoms with Crippen molar-refractivity contribution in [3.63, 3.8) is 0 Å². The third-order valence-corrected chi connectivity index (χ3v) is 5.40. The zero-order valence-electron chi connectivity index (χ0n) is 17.5. The Labute approximate surface area is 183 Å². The minimum absolute atomic E-state index is 0.149.